The van der Waals surface area contributed by atoms with Gasteiger partial charge in [-0.25, -0.2) is 13.1 Å². The Bertz CT molecular complexity index is 920. The van der Waals surface area contributed by atoms with Crippen molar-refractivity contribution in [1.29, 1.82) is 0 Å². The first kappa shape index (κ1) is 15.2. The van der Waals surface area contributed by atoms with Crippen LogP contribution in [0, 0.1) is 0 Å². The van der Waals surface area contributed by atoms with Crippen molar-refractivity contribution in [3.63, 3.8) is 0 Å². The number of rotatable bonds is 3. The maximum atomic E-state index is 12.5. The minimum Gasteiger partial charge on any atom is -0.492 e. The van der Waals surface area contributed by atoms with E-state index in [-0.39, 0.29) is 11.5 Å². The molecule has 1 amide bonds. The van der Waals surface area contributed by atoms with Crippen LogP contribution in [-0.2, 0) is 27.7 Å². The fraction of sp³-hybridized carbons (Fsp3) is 0.278. The molecule has 0 spiro atoms. The second kappa shape index (κ2) is 5.63. The first-order valence-corrected chi connectivity index (χ1v) is 9.43. The molecule has 124 valence electrons. The third kappa shape index (κ3) is 2.57. The van der Waals surface area contributed by atoms with Gasteiger partial charge in [0.15, 0.2) is 0 Å². The summed E-state index contributed by atoms with van der Waals surface area (Å²) in [5, 5.41) is 0. The molecular weight excluding hydrogens is 326 g/mol. The summed E-state index contributed by atoms with van der Waals surface area (Å²) >= 11 is 0. The Balaban J connectivity index is 1.57. The van der Waals surface area contributed by atoms with Crippen molar-refractivity contribution in [1.82, 2.24) is 4.72 Å². The summed E-state index contributed by atoms with van der Waals surface area (Å²) < 4.78 is 32.7. The molecule has 2 aromatic carbocycles. The fourth-order valence-electron chi connectivity index (χ4n) is 3.36. The van der Waals surface area contributed by atoms with Gasteiger partial charge in [-0.05, 0) is 48.6 Å². The second-order valence-corrected chi connectivity index (χ2v) is 7.84. The average Bonchev–Trinajstić information content (AvgIpc) is 3.20. The van der Waals surface area contributed by atoms with Gasteiger partial charge in [0.1, 0.15) is 18.3 Å². The zero-order valence-electron chi connectivity index (χ0n) is 13.0. The first-order valence-electron chi connectivity index (χ1n) is 7.95. The summed E-state index contributed by atoms with van der Waals surface area (Å²) in [5.41, 5.74) is 2.97. The van der Waals surface area contributed by atoms with Crippen molar-refractivity contribution in [3.8, 4) is 5.75 Å². The van der Waals surface area contributed by atoms with E-state index in [0.29, 0.717) is 5.75 Å². The molecule has 5 nitrogen and oxygen atoms in total. The Hall–Kier alpha value is -2.34. The summed E-state index contributed by atoms with van der Waals surface area (Å²) in [6, 6.07) is 12.3. The van der Waals surface area contributed by atoms with Gasteiger partial charge < -0.3 is 4.74 Å². The number of fused-ring (bicyclic) bond motifs is 2. The van der Waals surface area contributed by atoms with Crippen LogP contribution in [0.5, 0.6) is 5.75 Å². The molecule has 0 saturated heterocycles. The topological polar surface area (TPSA) is 72.5 Å². The fourth-order valence-corrected chi connectivity index (χ4v) is 4.43. The largest absolute Gasteiger partial charge is 0.492 e. The molecule has 1 aliphatic heterocycles. The average molecular weight is 343 g/mol. The molecular formula is C18H17NO4S. The van der Waals surface area contributed by atoms with Gasteiger partial charge in [0.25, 0.3) is 10.0 Å². The molecule has 2 aliphatic rings. The normalized spacial score (nSPS) is 18.6. The Morgan fingerprint density at radius 3 is 2.75 bits per heavy atom. The lowest BCUT2D eigenvalue weighted by molar-refractivity contribution is -0.120. The summed E-state index contributed by atoms with van der Waals surface area (Å²) in [4.78, 5) is 12.6. The zero-order chi connectivity index (χ0) is 16.7. The summed E-state index contributed by atoms with van der Waals surface area (Å²) in [5.74, 6) is -0.529. The summed E-state index contributed by atoms with van der Waals surface area (Å²) in [6.07, 6.45) is 2.91. The smallest absolute Gasteiger partial charge is 0.264 e. The number of benzene rings is 2. The maximum absolute atomic E-state index is 12.5. The predicted molar refractivity (Wildman–Crippen MR) is 88.5 cm³/mol. The van der Waals surface area contributed by atoms with Gasteiger partial charge in [-0.15, -0.1) is 0 Å². The summed E-state index contributed by atoms with van der Waals surface area (Å²) in [6.45, 7) is 0.158. The van der Waals surface area contributed by atoms with Crippen LogP contribution in [-0.4, -0.2) is 20.9 Å². The number of carbonyl (C=O) groups excluding carboxylic acids is 1. The van der Waals surface area contributed by atoms with Crippen LogP contribution >= 0.6 is 0 Å². The molecule has 6 heteroatoms. The highest BCUT2D eigenvalue weighted by Crippen LogP contribution is 2.34. The Labute approximate surface area is 140 Å². The van der Waals surface area contributed by atoms with E-state index < -0.39 is 21.8 Å². The first-order chi connectivity index (χ1) is 11.5. The molecule has 1 aliphatic carbocycles. The van der Waals surface area contributed by atoms with E-state index in [1.165, 1.54) is 5.56 Å². The maximum Gasteiger partial charge on any atom is 0.264 e. The van der Waals surface area contributed by atoms with Crippen LogP contribution in [0.3, 0.4) is 0 Å². The van der Waals surface area contributed by atoms with Crippen molar-refractivity contribution in [3.05, 3.63) is 59.2 Å². The Morgan fingerprint density at radius 1 is 1.08 bits per heavy atom. The van der Waals surface area contributed by atoms with Gasteiger partial charge in [0, 0.05) is 5.56 Å². The molecule has 0 unspecified atom stereocenters. The molecule has 1 heterocycles. The minimum absolute atomic E-state index is 0.142. The molecule has 24 heavy (non-hydrogen) atoms. The van der Waals surface area contributed by atoms with Gasteiger partial charge in [0.2, 0.25) is 5.91 Å². The number of hydrogen-bond acceptors (Lipinski definition) is 4. The van der Waals surface area contributed by atoms with Crippen LogP contribution in [0.25, 0.3) is 0 Å². The quantitative estimate of drug-likeness (QED) is 0.927. The van der Waals surface area contributed by atoms with Crippen molar-refractivity contribution in [2.75, 3.05) is 6.61 Å². The number of amides is 1. The lowest BCUT2D eigenvalue weighted by Gasteiger charge is -2.12. The Morgan fingerprint density at radius 2 is 1.88 bits per heavy atom. The van der Waals surface area contributed by atoms with Gasteiger partial charge in [-0.2, -0.15) is 0 Å². The monoisotopic (exact) mass is 343 g/mol. The molecule has 0 saturated carbocycles. The molecule has 2 aromatic rings. The molecule has 0 aromatic heterocycles. The number of hydrogen-bond donors (Lipinski definition) is 1. The minimum atomic E-state index is -3.88. The summed E-state index contributed by atoms with van der Waals surface area (Å²) in [7, 11) is -3.88. The number of para-hydroxylation sites is 1. The SMILES string of the molecule is O=C(NS(=O)(=O)c1ccc2c(c1)CCC2)[C@@H]1COc2ccccc21. The molecule has 0 bridgehead atoms. The molecule has 1 atom stereocenters. The van der Waals surface area contributed by atoms with Gasteiger partial charge >= 0.3 is 0 Å². The van der Waals surface area contributed by atoms with Gasteiger partial charge in [0.05, 0.1) is 4.90 Å². The number of aryl methyl sites for hydroxylation is 2. The number of sulfonamides is 1. The number of ether oxygens (including phenoxy) is 1. The molecule has 4 rings (SSSR count). The van der Waals surface area contributed by atoms with Crippen molar-refractivity contribution < 1.29 is 17.9 Å². The zero-order valence-corrected chi connectivity index (χ0v) is 13.8. The highest BCUT2D eigenvalue weighted by Gasteiger charge is 2.32. The number of carbonyl (C=O) groups is 1. The highest BCUT2D eigenvalue weighted by atomic mass is 32.2. The van der Waals surface area contributed by atoms with E-state index in [9.17, 15) is 13.2 Å². The van der Waals surface area contributed by atoms with Crippen LogP contribution in [0.4, 0.5) is 0 Å². The van der Waals surface area contributed by atoms with E-state index in [0.717, 1.165) is 30.4 Å². The van der Waals surface area contributed by atoms with E-state index in [4.69, 9.17) is 4.74 Å². The predicted octanol–water partition coefficient (Wildman–Crippen LogP) is 2.16. The lowest BCUT2D eigenvalue weighted by Crippen LogP contribution is -2.35. The van der Waals surface area contributed by atoms with Gasteiger partial charge in [-0.1, -0.05) is 24.3 Å². The van der Waals surface area contributed by atoms with Crippen LogP contribution in [0.1, 0.15) is 29.0 Å². The van der Waals surface area contributed by atoms with Crippen molar-refractivity contribution in [2.45, 2.75) is 30.1 Å². The third-order valence-corrected chi connectivity index (χ3v) is 5.98. The van der Waals surface area contributed by atoms with E-state index in [1.807, 2.05) is 18.2 Å². The second-order valence-electron chi connectivity index (χ2n) is 6.16. The highest BCUT2D eigenvalue weighted by molar-refractivity contribution is 7.90. The number of nitrogens with one attached hydrogen (secondary N) is 1. The van der Waals surface area contributed by atoms with E-state index in [2.05, 4.69) is 4.72 Å². The lowest BCUT2D eigenvalue weighted by atomic mass is 10.0. The van der Waals surface area contributed by atoms with Gasteiger partial charge in [-0.3, -0.25) is 4.79 Å². The van der Waals surface area contributed by atoms with Crippen LogP contribution in [0.15, 0.2) is 47.4 Å². The standard InChI is InChI=1S/C18H17NO4S/c20-18(16-11-23-17-7-2-1-6-15(16)17)19-24(21,22)14-9-8-12-4-3-5-13(12)10-14/h1-2,6-10,16H,3-5,11H2,(H,19,20)/t16-/m1/s1. The molecule has 1 N–H and O–H groups in total. The van der Waals surface area contributed by atoms with Crippen molar-refractivity contribution in [2.24, 2.45) is 0 Å². The Kier molecular flexibility index (Phi) is 3.57. The van der Waals surface area contributed by atoms with Crippen molar-refractivity contribution >= 4 is 15.9 Å². The van der Waals surface area contributed by atoms with Crippen LogP contribution in [0.2, 0.25) is 0 Å². The van der Waals surface area contributed by atoms with Crippen LogP contribution < -0.4 is 9.46 Å². The third-order valence-electron chi connectivity index (χ3n) is 4.63. The van der Waals surface area contributed by atoms with E-state index >= 15 is 0 Å². The molecule has 0 radical (unpaired) electrons. The molecule has 0 fully saturated rings. The van der Waals surface area contributed by atoms with E-state index in [1.54, 1.807) is 24.3 Å².